The van der Waals surface area contributed by atoms with Gasteiger partial charge in [0.2, 0.25) is 0 Å². The van der Waals surface area contributed by atoms with Crippen LogP contribution in [-0.4, -0.2) is 16.2 Å². The molecule has 2 aromatic rings. The maximum absolute atomic E-state index is 6.13. The van der Waals surface area contributed by atoms with Crippen molar-refractivity contribution in [1.82, 2.24) is 9.55 Å². The fraction of sp³-hybridized carbons (Fsp3) is 0.250. The molecular formula is C12H14ClN3O. The minimum absolute atomic E-state index is 0.477. The van der Waals surface area contributed by atoms with E-state index in [-0.39, 0.29) is 0 Å². The minimum atomic E-state index is 0.477. The molecule has 17 heavy (non-hydrogen) atoms. The Kier molecular flexibility index (Phi) is 3.24. The Balaban J connectivity index is 2.41. The molecule has 0 aliphatic carbocycles. The Labute approximate surface area is 105 Å². The molecular weight excluding hydrogens is 238 g/mol. The molecule has 0 bridgehead atoms. The van der Waals surface area contributed by atoms with Gasteiger partial charge in [0.15, 0.2) is 5.95 Å². The van der Waals surface area contributed by atoms with Gasteiger partial charge in [-0.25, -0.2) is 4.98 Å². The molecule has 2 N–H and O–H groups in total. The number of imidazole rings is 1. The number of rotatable bonds is 3. The number of nitrogen functional groups attached to an aromatic ring is 1. The lowest BCUT2D eigenvalue weighted by Gasteiger charge is -2.08. The van der Waals surface area contributed by atoms with Crippen molar-refractivity contribution in [2.45, 2.75) is 6.92 Å². The summed E-state index contributed by atoms with van der Waals surface area (Å²) in [6, 6.07) is 5.64. The quantitative estimate of drug-likeness (QED) is 0.913. The Morgan fingerprint density at radius 3 is 2.76 bits per heavy atom. The number of halogens is 1. The summed E-state index contributed by atoms with van der Waals surface area (Å²) in [4.78, 5) is 4.05. The minimum Gasteiger partial charge on any atom is -0.492 e. The van der Waals surface area contributed by atoms with Gasteiger partial charge in [0.25, 0.3) is 0 Å². The zero-order valence-corrected chi connectivity index (χ0v) is 10.5. The third-order valence-electron chi connectivity index (χ3n) is 2.55. The molecule has 90 valence electrons. The third kappa shape index (κ3) is 2.22. The van der Waals surface area contributed by atoms with Crippen LogP contribution in [0.3, 0.4) is 0 Å². The summed E-state index contributed by atoms with van der Waals surface area (Å²) < 4.78 is 7.20. The van der Waals surface area contributed by atoms with E-state index in [9.17, 15) is 0 Å². The average Bonchev–Trinajstić information content (AvgIpc) is 2.63. The first-order chi connectivity index (χ1) is 8.13. The van der Waals surface area contributed by atoms with Crippen molar-refractivity contribution in [2.24, 2.45) is 7.05 Å². The van der Waals surface area contributed by atoms with E-state index in [1.807, 2.05) is 36.7 Å². The molecule has 2 rings (SSSR count). The number of nitrogens with two attached hydrogens (primary N) is 1. The van der Waals surface area contributed by atoms with E-state index in [2.05, 4.69) is 4.98 Å². The van der Waals surface area contributed by atoms with Gasteiger partial charge in [0, 0.05) is 12.6 Å². The highest BCUT2D eigenvalue weighted by atomic mass is 35.5. The predicted octanol–water partition coefficient (Wildman–Crippen LogP) is 2.72. The van der Waals surface area contributed by atoms with Gasteiger partial charge in [-0.2, -0.15) is 0 Å². The maximum Gasteiger partial charge on any atom is 0.200 e. The van der Waals surface area contributed by atoms with Crippen LogP contribution >= 0.6 is 11.6 Å². The second-order valence-electron chi connectivity index (χ2n) is 3.64. The van der Waals surface area contributed by atoms with E-state index in [1.54, 1.807) is 6.20 Å². The van der Waals surface area contributed by atoms with Gasteiger partial charge in [-0.15, -0.1) is 0 Å². The largest absolute Gasteiger partial charge is 0.492 e. The fourth-order valence-electron chi connectivity index (χ4n) is 1.62. The Hall–Kier alpha value is -1.68. The van der Waals surface area contributed by atoms with Crippen molar-refractivity contribution in [1.29, 1.82) is 0 Å². The maximum atomic E-state index is 6.13. The van der Waals surface area contributed by atoms with Gasteiger partial charge < -0.3 is 15.0 Å². The molecule has 0 aliphatic heterocycles. The molecule has 0 amide bonds. The molecule has 0 atom stereocenters. The zero-order valence-electron chi connectivity index (χ0n) is 9.77. The standard InChI is InChI=1S/C12H14ClN3O/c1-3-17-11-5-4-8(6-9(11)13)10-7-15-12(14)16(10)2/h4-7H,3H2,1-2H3,(H2,14,15). The topological polar surface area (TPSA) is 53.1 Å². The van der Waals surface area contributed by atoms with Gasteiger partial charge in [-0.1, -0.05) is 11.6 Å². The summed E-state index contributed by atoms with van der Waals surface area (Å²) in [5.41, 5.74) is 7.57. The SMILES string of the molecule is CCOc1ccc(-c2cnc(N)n2C)cc1Cl. The van der Waals surface area contributed by atoms with Crippen molar-refractivity contribution in [3.8, 4) is 17.0 Å². The monoisotopic (exact) mass is 251 g/mol. The van der Waals surface area contributed by atoms with E-state index >= 15 is 0 Å². The summed E-state index contributed by atoms with van der Waals surface area (Å²) >= 11 is 6.13. The number of anilines is 1. The number of aromatic nitrogens is 2. The molecule has 0 radical (unpaired) electrons. The first-order valence-corrected chi connectivity index (χ1v) is 5.71. The highest BCUT2D eigenvalue weighted by molar-refractivity contribution is 6.32. The van der Waals surface area contributed by atoms with E-state index in [4.69, 9.17) is 22.1 Å². The molecule has 0 fully saturated rings. The van der Waals surface area contributed by atoms with Crippen LogP contribution in [0.5, 0.6) is 5.75 Å². The fourth-order valence-corrected chi connectivity index (χ4v) is 1.86. The number of ether oxygens (including phenoxy) is 1. The molecule has 4 nitrogen and oxygen atoms in total. The van der Waals surface area contributed by atoms with Gasteiger partial charge >= 0.3 is 0 Å². The summed E-state index contributed by atoms with van der Waals surface area (Å²) in [6.07, 6.45) is 1.72. The molecule has 0 spiro atoms. The number of hydrogen-bond donors (Lipinski definition) is 1. The molecule has 1 heterocycles. The molecule has 0 saturated carbocycles. The van der Waals surface area contributed by atoms with Gasteiger partial charge in [0.05, 0.1) is 23.5 Å². The van der Waals surface area contributed by atoms with E-state index in [1.165, 1.54) is 0 Å². The lowest BCUT2D eigenvalue weighted by atomic mass is 10.1. The van der Waals surface area contributed by atoms with Crippen molar-refractivity contribution in [3.05, 3.63) is 29.4 Å². The second-order valence-corrected chi connectivity index (χ2v) is 4.05. The number of hydrogen-bond acceptors (Lipinski definition) is 3. The average molecular weight is 252 g/mol. The van der Waals surface area contributed by atoms with Crippen LogP contribution < -0.4 is 10.5 Å². The van der Waals surface area contributed by atoms with Crippen LogP contribution in [0, 0.1) is 0 Å². The number of nitrogens with zero attached hydrogens (tertiary/aromatic N) is 2. The predicted molar refractivity (Wildman–Crippen MR) is 69.2 cm³/mol. The normalized spacial score (nSPS) is 10.5. The van der Waals surface area contributed by atoms with Crippen LogP contribution in [0.25, 0.3) is 11.3 Å². The smallest absolute Gasteiger partial charge is 0.200 e. The molecule has 1 aromatic carbocycles. The Morgan fingerprint density at radius 2 is 2.24 bits per heavy atom. The lowest BCUT2D eigenvalue weighted by molar-refractivity contribution is 0.340. The van der Waals surface area contributed by atoms with Crippen LogP contribution in [0.2, 0.25) is 5.02 Å². The summed E-state index contributed by atoms with van der Waals surface area (Å²) in [5, 5.41) is 0.587. The first-order valence-electron chi connectivity index (χ1n) is 5.33. The van der Waals surface area contributed by atoms with Gasteiger partial charge in [-0.3, -0.25) is 0 Å². The van der Waals surface area contributed by atoms with Crippen molar-refractivity contribution in [3.63, 3.8) is 0 Å². The first kappa shape index (κ1) is 11.8. The number of benzene rings is 1. The van der Waals surface area contributed by atoms with Crippen molar-refractivity contribution < 1.29 is 4.74 Å². The molecule has 1 aromatic heterocycles. The summed E-state index contributed by atoms with van der Waals surface area (Å²) in [7, 11) is 1.86. The van der Waals surface area contributed by atoms with E-state index in [0.29, 0.717) is 23.3 Å². The third-order valence-corrected chi connectivity index (χ3v) is 2.85. The Bertz CT molecular complexity index is 537. The molecule has 0 saturated heterocycles. The van der Waals surface area contributed by atoms with Gasteiger partial charge in [-0.05, 0) is 25.1 Å². The summed E-state index contributed by atoms with van der Waals surface area (Å²) in [5.74, 6) is 1.16. The molecule has 0 unspecified atom stereocenters. The van der Waals surface area contributed by atoms with Crippen LogP contribution in [0.4, 0.5) is 5.95 Å². The van der Waals surface area contributed by atoms with E-state index in [0.717, 1.165) is 11.3 Å². The van der Waals surface area contributed by atoms with Crippen LogP contribution in [-0.2, 0) is 7.05 Å². The molecule has 5 heteroatoms. The molecule has 0 aliphatic rings. The van der Waals surface area contributed by atoms with Crippen molar-refractivity contribution >= 4 is 17.5 Å². The second kappa shape index (κ2) is 4.67. The van der Waals surface area contributed by atoms with Crippen LogP contribution in [0.15, 0.2) is 24.4 Å². The highest BCUT2D eigenvalue weighted by Crippen LogP contribution is 2.30. The van der Waals surface area contributed by atoms with Gasteiger partial charge in [0.1, 0.15) is 5.75 Å². The highest BCUT2D eigenvalue weighted by Gasteiger charge is 2.08. The lowest BCUT2D eigenvalue weighted by Crippen LogP contribution is -1.98. The van der Waals surface area contributed by atoms with E-state index < -0.39 is 0 Å². The Morgan fingerprint density at radius 1 is 1.47 bits per heavy atom. The zero-order chi connectivity index (χ0) is 12.4. The van der Waals surface area contributed by atoms with Crippen LogP contribution in [0.1, 0.15) is 6.92 Å². The summed E-state index contributed by atoms with van der Waals surface area (Å²) in [6.45, 7) is 2.52. The van der Waals surface area contributed by atoms with Crippen molar-refractivity contribution in [2.75, 3.05) is 12.3 Å².